The van der Waals surface area contributed by atoms with Crippen molar-refractivity contribution in [2.24, 2.45) is 5.11 Å². The third-order valence-corrected chi connectivity index (χ3v) is 1.77. The van der Waals surface area contributed by atoms with Crippen LogP contribution in [0.1, 0.15) is 10.4 Å². The zero-order valence-corrected chi connectivity index (χ0v) is 7.19. The second-order valence-corrected chi connectivity index (χ2v) is 2.63. The molecule has 0 aliphatic rings. The highest BCUT2D eigenvalue weighted by Gasteiger charge is 2.12. The molecule has 2 aromatic rings. The Morgan fingerprint density at radius 3 is 3.20 bits per heavy atom. The van der Waals surface area contributed by atoms with E-state index in [0.717, 1.165) is 0 Å². The summed E-state index contributed by atoms with van der Waals surface area (Å²) < 4.78 is 4.31. The molecule has 15 heavy (non-hydrogen) atoms. The lowest BCUT2D eigenvalue weighted by atomic mass is 10.2. The molecule has 0 N–H and O–H groups in total. The normalized spacial score (nSPS) is 9.87. The summed E-state index contributed by atoms with van der Waals surface area (Å²) in [6, 6.07) is 4.06. The Hall–Kier alpha value is -2.60. The highest BCUT2D eigenvalue weighted by atomic mass is 16.8. The number of azide groups is 1. The number of amides is 1. The number of aromatic nitrogens is 2. The van der Waals surface area contributed by atoms with Crippen molar-refractivity contribution in [3.8, 4) is 0 Å². The molecule has 8 heteroatoms. The van der Waals surface area contributed by atoms with Gasteiger partial charge < -0.3 is 5.21 Å². The first kappa shape index (κ1) is 8.97. The maximum Gasteiger partial charge on any atom is 0.249 e. The van der Waals surface area contributed by atoms with Crippen molar-refractivity contribution in [1.82, 2.24) is 5.16 Å². The van der Waals surface area contributed by atoms with E-state index in [0.29, 0.717) is 5.52 Å². The molecule has 0 aliphatic carbocycles. The minimum absolute atomic E-state index is 0.105. The van der Waals surface area contributed by atoms with Crippen molar-refractivity contribution in [2.45, 2.75) is 0 Å². The highest BCUT2D eigenvalue weighted by Crippen LogP contribution is 2.11. The van der Waals surface area contributed by atoms with Gasteiger partial charge in [0.2, 0.25) is 16.9 Å². The minimum Gasteiger partial charge on any atom is -0.359 e. The van der Waals surface area contributed by atoms with Crippen molar-refractivity contribution >= 4 is 16.9 Å². The number of hydrogen-bond donors (Lipinski definition) is 0. The SMILES string of the molecule is [N-]=[N+]=NC(=O)c1ccc2no[n+]([O-])c2c1. The van der Waals surface area contributed by atoms with Crippen LogP contribution in [-0.2, 0) is 0 Å². The largest absolute Gasteiger partial charge is 0.359 e. The summed E-state index contributed by atoms with van der Waals surface area (Å²) in [5, 5.41) is 17.3. The zero-order chi connectivity index (χ0) is 10.8. The second-order valence-electron chi connectivity index (χ2n) is 2.63. The Kier molecular flexibility index (Phi) is 1.96. The Bertz CT molecular complexity index is 583. The third-order valence-electron chi connectivity index (χ3n) is 1.77. The van der Waals surface area contributed by atoms with Crippen LogP contribution in [0.2, 0.25) is 0 Å². The summed E-state index contributed by atoms with van der Waals surface area (Å²) >= 11 is 0. The Labute approximate surface area is 81.9 Å². The molecule has 0 atom stereocenters. The number of nitrogens with zero attached hydrogens (tertiary/aromatic N) is 5. The first-order chi connectivity index (χ1) is 7.22. The number of rotatable bonds is 1. The molecular weight excluding hydrogens is 202 g/mol. The van der Waals surface area contributed by atoms with Crippen LogP contribution in [0.15, 0.2) is 27.9 Å². The van der Waals surface area contributed by atoms with Crippen molar-refractivity contribution in [3.05, 3.63) is 39.4 Å². The quantitative estimate of drug-likeness (QED) is 0.297. The average Bonchev–Trinajstić information content (AvgIpc) is 2.60. The lowest BCUT2D eigenvalue weighted by Gasteiger charge is -1.91. The van der Waals surface area contributed by atoms with Crippen molar-refractivity contribution in [2.75, 3.05) is 0 Å². The van der Waals surface area contributed by atoms with Gasteiger partial charge >= 0.3 is 0 Å². The van der Waals surface area contributed by atoms with Crippen LogP contribution in [-0.4, -0.2) is 11.1 Å². The minimum atomic E-state index is -0.763. The van der Waals surface area contributed by atoms with Crippen LogP contribution in [0.4, 0.5) is 0 Å². The van der Waals surface area contributed by atoms with E-state index in [2.05, 4.69) is 19.8 Å². The van der Waals surface area contributed by atoms with Gasteiger partial charge in [0.15, 0.2) is 0 Å². The van der Waals surface area contributed by atoms with Gasteiger partial charge in [0.05, 0.1) is 0 Å². The molecule has 0 radical (unpaired) electrons. The molecule has 1 heterocycles. The molecule has 0 spiro atoms. The molecule has 0 unspecified atom stereocenters. The third kappa shape index (κ3) is 1.45. The van der Waals surface area contributed by atoms with Crippen molar-refractivity contribution in [1.29, 1.82) is 0 Å². The predicted molar refractivity (Wildman–Crippen MR) is 46.4 cm³/mol. The molecule has 1 aromatic heterocycles. The van der Waals surface area contributed by atoms with Crippen molar-refractivity contribution in [3.63, 3.8) is 0 Å². The fourth-order valence-corrected chi connectivity index (χ4v) is 1.10. The molecule has 0 aliphatic heterocycles. The van der Waals surface area contributed by atoms with E-state index in [9.17, 15) is 10.0 Å². The number of carbonyl (C=O) groups excluding carboxylic acids is 1. The van der Waals surface area contributed by atoms with E-state index in [1.807, 2.05) is 0 Å². The predicted octanol–water partition coefficient (Wildman–Crippen LogP) is 0.912. The summed E-state index contributed by atoms with van der Waals surface area (Å²) in [6.45, 7) is 0. The molecule has 8 nitrogen and oxygen atoms in total. The Balaban J connectivity index is 2.59. The fourth-order valence-electron chi connectivity index (χ4n) is 1.10. The second kappa shape index (κ2) is 3.28. The van der Waals surface area contributed by atoms with Crippen LogP contribution in [0.5, 0.6) is 0 Å². The van der Waals surface area contributed by atoms with Gasteiger partial charge in [-0.3, -0.25) is 9.42 Å². The fraction of sp³-hybridized carbons (Fsp3) is 0. The standard InChI is InChI=1S/C7H3N5O3/c8-11-9-7(13)4-1-2-5-6(3-4)12(14)15-10-5/h1-3H. The molecule has 74 valence electrons. The maximum absolute atomic E-state index is 11.1. The van der Waals surface area contributed by atoms with Gasteiger partial charge in [0.25, 0.3) is 0 Å². The van der Waals surface area contributed by atoms with Gasteiger partial charge in [-0.2, -0.15) is 0 Å². The monoisotopic (exact) mass is 205 g/mol. The topological polar surface area (TPSA) is 119 Å². The first-order valence-corrected chi connectivity index (χ1v) is 3.81. The molecule has 0 saturated heterocycles. The first-order valence-electron chi connectivity index (χ1n) is 3.81. The average molecular weight is 205 g/mol. The lowest BCUT2D eigenvalue weighted by molar-refractivity contribution is -0.782. The Morgan fingerprint density at radius 1 is 1.67 bits per heavy atom. The van der Waals surface area contributed by atoms with E-state index in [1.54, 1.807) is 0 Å². The molecule has 1 aromatic carbocycles. The zero-order valence-electron chi connectivity index (χ0n) is 7.19. The van der Waals surface area contributed by atoms with Crippen molar-refractivity contribution < 1.29 is 14.3 Å². The van der Waals surface area contributed by atoms with Gasteiger partial charge in [-0.25, -0.2) is 0 Å². The molecular formula is C7H3N5O3. The number of fused-ring (bicyclic) bond motifs is 1. The molecule has 0 fully saturated rings. The van der Waals surface area contributed by atoms with E-state index in [-0.39, 0.29) is 16.0 Å². The number of carbonyl (C=O) groups is 1. The van der Waals surface area contributed by atoms with Gasteiger partial charge in [-0.1, -0.05) is 0 Å². The lowest BCUT2D eigenvalue weighted by Crippen LogP contribution is -2.22. The summed E-state index contributed by atoms with van der Waals surface area (Å²) in [5.41, 5.74) is 8.60. The van der Waals surface area contributed by atoms with E-state index in [1.165, 1.54) is 18.2 Å². The summed E-state index contributed by atoms with van der Waals surface area (Å²) in [7, 11) is 0. The smallest absolute Gasteiger partial charge is 0.249 e. The van der Waals surface area contributed by atoms with Crippen LogP contribution < -0.4 is 4.90 Å². The van der Waals surface area contributed by atoms with Gasteiger partial charge in [0, 0.05) is 21.7 Å². The molecule has 2 rings (SSSR count). The van der Waals surface area contributed by atoms with Crippen LogP contribution in [0.25, 0.3) is 21.5 Å². The van der Waals surface area contributed by atoms with Gasteiger partial charge in [-0.05, 0) is 27.7 Å². The van der Waals surface area contributed by atoms with Gasteiger partial charge in [-0.15, -0.1) is 0 Å². The molecule has 0 bridgehead atoms. The summed E-state index contributed by atoms with van der Waals surface area (Å²) in [5.74, 6) is -0.763. The van der Waals surface area contributed by atoms with E-state index in [4.69, 9.17) is 5.53 Å². The molecule has 0 saturated carbocycles. The summed E-state index contributed by atoms with van der Waals surface area (Å²) in [4.78, 5) is 13.7. The van der Waals surface area contributed by atoms with E-state index < -0.39 is 5.91 Å². The van der Waals surface area contributed by atoms with Gasteiger partial charge in [0.1, 0.15) is 0 Å². The number of hydrogen-bond acceptors (Lipinski definition) is 4. The highest BCUT2D eigenvalue weighted by molar-refractivity contribution is 5.97. The summed E-state index contributed by atoms with van der Waals surface area (Å²) in [6.07, 6.45) is 0. The van der Waals surface area contributed by atoms with Crippen LogP contribution in [0.3, 0.4) is 0 Å². The number of benzene rings is 1. The van der Waals surface area contributed by atoms with E-state index >= 15 is 0 Å². The van der Waals surface area contributed by atoms with Crippen LogP contribution in [0, 0.1) is 5.21 Å². The van der Waals surface area contributed by atoms with Crippen LogP contribution >= 0.6 is 0 Å². The maximum atomic E-state index is 11.1. The molecule has 1 amide bonds. The Morgan fingerprint density at radius 2 is 2.47 bits per heavy atom.